The summed E-state index contributed by atoms with van der Waals surface area (Å²) in [6.07, 6.45) is 6.10. The Morgan fingerprint density at radius 2 is 2.19 bits per heavy atom. The van der Waals surface area contributed by atoms with E-state index in [0.29, 0.717) is 5.82 Å². The minimum absolute atomic E-state index is 0.0253. The number of H-pyrrole nitrogens is 1. The maximum Gasteiger partial charge on any atom is 0.227 e. The van der Waals surface area contributed by atoms with E-state index in [1.807, 2.05) is 36.5 Å². The summed E-state index contributed by atoms with van der Waals surface area (Å²) in [5.74, 6) is 0.740. The van der Waals surface area contributed by atoms with Gasteiger partial charge in [-0.1, -0.05) is 18.2 Å². The molecule has 134 valence electrons. The highest BCUT2D eigenvalue weighted by atomic mass is 16.1. The molecule has 4 rings (SSSR count). The normalized spacial score (nSPS) is 18.1. The third kappa shape index (κ3) is 4.08. The zero-order valence-electron chi connectivity index (χ0n) is 14.7. The molecule has 1 unspecified atom stereocenters. The van der Waals surface area contributed by atoms with Gasteiger partial charge in [0.2, 0.25) is 5.91 Å². The van der Waals surface area contributed by atoms with E-state index in [0.717, 1.165) is 43.5 Å². The Hall–Kier alpha value is -2.73. The Balaban J connectivity index is 1.32. The van der Waals surface area contributed by atoms with Crippen molar-refractivity contribution in [3.8, 4) is 0 Å². The smallest absolute Gasteiger partial charge is 0.227 e. The number of aromatic nitrogens is 3. The third-order valence-corrected chi connectivity index (χ3v) is 4.77. The molecule has 0 radical (unpaired) electrons. The summed E-state index contributed by atoms with van der Waals surface area (Å²) in [6, 6.07) is 12.1. The van der Waals surface area contributed by atoms with Crippen LogP contribution in [0.15, 0.2) is 48.8 Å². The lowest BCUT2D eigenvalue weighted by atomic mass is 10.0. The van der Waals surface area contributed by atoms with Crippen LogP contribution in [0.2, 0.25) is 0 Å². The number of carbonyl (C=O) groups is 1. The zero-order chi connectivity index (χ0) is 17.8. The van der Waals surface area contributed by atoms with Crippen molar-refractivity contribution in [2.45, 2.75) is 31.8 Å². The molecule has 3 aromatic rings. The van der Waals surface area contributed by atoms with E-state index >= 15 is 0 Å². The maximum absolute atomic E-state index is 12.4. The van der Waals surface area contributed by atoms with E-state index in [9.17, 15) is 4.79 Å². The number of benzene rings is 1. The molecule has 2 N–H and O–H groups in total. The molecule has 1 fully saturated rings. The molecule has 1 aliphatic heterocycles. The van der Waals surface area contributed by atoms with Gasteiger partial charge in [0.05, 0.1) is 17.5 Å². The number of aromatic amines is 1. The van der Waals surface area contributed by atoms with E-state index in [1.165, 1.54) is 5.56 Å². The first-order valence-corrected chi connectivity index (χ1v) is 9.10. The first-order valence-electron chi connectivity index (χ1n) is 9.10. The van der Waals surface area contributed by atoms with Crippen LogP contribution in [0.1, 0.15) is 24.2 Å². The predicted octanol–water partition coefficient (Wildman–Crippen LogP) is 2.28. The fourth-order valence-corrected chi connectivity index (χ4v) is 3.59. The number of pyridine rings is 1. The number of nitrogens with zero attached hydrogens (tertiary/aromatic N) is 3. The van der Waals surface area contributed by atoms with E-state index in [4.69, 9.17) is 0 Å². The Morgan fingerprint density at radius 1 is 1.27 bits per heavy atom. The fraction of sp³-hybridized carbons (Fsp3) is 0.350. The third-order valence-electron chi connectivity index (χ3n) is 4.77. The second kappa shape index (κ2) is 7.66. The van der Waals surface area contributed by atoms with Crippen molar-refractivity contribution in [1.82, 2.24) is 25.2 Å². The highest BCUT2D eigenvalue weighted by Gasteiger charge is 2.22. The van der Waals surface area contributed by atoms with Gasteiger partial charge in [-0.2, -0.15) is 0 Å². The van der Waals surface area contributed by atoms with Gasteiger partial charge < -0.3 is 10.3 Å². The molecular weight excluding hydrogens is 326 g/mol. The van der Waals surface area contributed by atoms with Crippen LogP contribution >= 0.6 is 0 Å². The highest BCUT2D eigenvalue weighted by molar-refractivity contribution is 5.80. The molecule has 0 spiro atoms. The summed E-state index contributed by atoms with van der Waals surface area (Å²) in [7, 11) is 0. The largest absolute Gasteiger partial charge is 0.352 e. The molecule has 2 aromatic heterocycles. The predicted molar refractivity (Wildman–Crippen MR) is 100 cm³/mol. The monoisotopic (exact) mass is 349 g/mol. The number of fused-ring (bicyclic) bond motifs is 1. The molecule has 0 aliphatic carbocycles. The fourth-order valence-electron chi connectivity index (χ4n) is 3.59. The molecule has 0 bridgehead atoms. The van der Waals surface area contributed by atoms with E-state index in [2.05, 4.69) is 31.2 Å². The van der Waals surface area contributed by atoms with Crippen LogP contribution in [0.3, 0.4) is 0 Å². The molecule has 0 saturated carbocycles. The van der Waals surface area contributed by atoms with Crippen molar-refractivity contribution in [3.63, 3.8) is 0 Å². The van der Waals surface area contributed by atoms with Gasteiger partial charge in [-0.05, 0) is 43.1 Å². The summed E-state index contributed by atoms with van der Waals surface area (Å²) < 4.78 is 0. The molecule has 6 heteroatoms. The summed E-state index contributed by atoms with van der Waals surface area (Å²) in [6.45, 7) is 2.81. The molecule has 26 heavy (non-hydrogen) atoms. The van der Waals surface area contributed by atoms with Crippen LogP contribution in [0.25, 0.3) is 11.0 Å². The molecule has 1 aromatic carbocycles. The van der Waals surface area contributed by atoms with E-state index in [-0.39, 0.29) is 18.4 Å². The summed E-state index contributed by atoms with van der Waals surface area (Å²) in [5.41, 5.74) is 3.08. The molecule has 1 atom stereocenters. The summed E-state index contributed by atoms with van der Waals surface area (Å²) >= 11 is 0. The Bertz CT molecular complexity index is 843. The lowest BCUT2D eigenvalue weighted by molar-refractivity contribution is -0.121. The highest BCUT2D eigenvalue weighted by Crippen LogP contribution is 2.14. The van der Waals surface area contributed by atoms with Gasteiger partial charge in [-0.15, -0.1) is 0 Å². The number of likely N-dealkylation sites (tertiary alicyclic amines) is 1. The average molecular weight is 349 g/mol. The first kappa shape index (κ1) is 16.7. The number of nitrogens with one attached hydrogen (secondary N) is 2. The van der Waals surface area contributed by atoms with Crippen LogP contribution in [-0.2, 0) is 17.8 Å². The van der Waals surface area contributed by atoms with Crippen molar-refractivity contribution in [1.29, 1.82) is 0 Å². The second-order valence-corrected chi connectivity index (χ2v) is 6.88. The van der Waals surface area contributed by atoms with Crippen LogP contribution < -0.4 is 5.32 Å². The SMILES string of the molecule is O=C(Cc1nc2ccccc2[nH]1)NC1CCCN(Cc2cccnc2)C1. The first-order chi connectivity index (χ1) is 12.8. The number of piperidine rings is 1. The molecule has 1 aliphatic rings. The van der Waals surface area contributed by atoms with E-state index in [1.54, 1.807) is 6.20 Å². The van der Waals surface area contributed by atoms with Crippen molar-refractivity contribution in [2.75, 3.05) is 13.1 Å². The van der Waals surface area contributed by atoms with Gasteiger partial charge in [0.25, 0.3) is 0 Å². The van der Waals surface area contributed by atoms with Crippen molar-refractivity contribution >= 4 is 16.9 Å². The standard InChI is InChI=1S/C20H23N5O/c26-20(11-19-23-17-7-1-2-8-18(17)24-19)22-16-6-4-10-25(14-16)13-15-5-3-9-21-12-15/h1-3,5,7-9,12,16H,4,6,10-11,13-14H2,(H,22,26)(H,23,24). The van der Waals surface area contributed by atoms with Gasteiger partial charge in [-0.3, -0.25) is 14.7 Å². The molecule has 1 amide bonds. The number of amides is 1. The number of imidazole rings is 1. The van der Waals surface area contributed by atoms with Gasteiger partial charge in [-0.25, -0.2) is 4.98 Å². The Kier molecular flexibility index (Phi) is 4.93. The lowest BCUT2D eigenvalue weighted by Gasteiger charge is -2.33. The van der Waals surface area contributed by atoms with Crippen molar-refractivity contribution < 1.29 is 4.79 Å². The Morgan fingerprint density at radius 3 is 3.04 bits per heavy atom. The average Bonchev–Trinajstić information content (AvgIpc) is 3.05. The van der Waals surface area contributed by atoms with Gasteiger partial charge in [0, 0.05) is 31.5 Å². The van der Waals surface area contributed by atoms with Crippen molar-refractivity contribution in [3.05, 3.63) is 60.2 Å². The van der Waals surface area contributed by atoms with E-state index < -0.39 is 0 Å². The summed E-state index contributed by atoms with van der Waals surface area (Å²) in [5, 5.41) is 3.17. The van der Waals surface area contributed by atoms with Crippen LogP contribution in [0.4, 0.5) is 0 Å². The zero-order valence-corrected chi connectivity index (χ0v) is 14.7. The van der Waals surface area contributed by atoms with Crippen LogP contribution in [-0.4, -0.2) is 44.9 Å². The number of rotatable bonds is 5. The lowest BCUT2D eigenvalue weighted by Crippen LogP contribution is -2.47. The quantitative estimate of drug-likeness (QED) is 0.741. The second-order valence-electron chi connectivity index (χ2n) is 6.88. The van der Waals surface area contributed by atoms with Crippen LogP contribution in [0.5, 0.6) is 0 Å². The topological polar surface area (TPSA) is 73.9 Å². The number of para-hydroxylation sites is 2. The number of hydrogen-bond acceptors (Lipinski definition) is 4. The molecule has 1 saturated heterocycles. The number of carbonyl (C=O) groups excluding carboxylic acids is 1. The van der Waals surface area contributed by atoms with Gasteiger partial charge >= 0.3 is 0 Å². The number of hydrogen-bond donors (Lipinski definition) is 2. The molecular formula is C20H23N5O. The molecule has 3 heterocycles. The van der Waals surface area contributed by atoms with Gasteiger partial charge in [0.1, 0.15) is 5.82 Å². The Labute approximate surface area is 152 Å². The summed E-state index contributed by atoms with van der Waals surface area (Å²) in [4.78, 5) is 26.7. The minimum atomic E-state index is 0.0253. The van der Waals surface area contributed by atoms with Crippen LogP contribution in [0, 0.1) is 0 Å². The van der Waals surface area contributed by atoms with Crippen molar-refractivity contribution in [2.24, 2.45) is 0 Å². The maximum atomic E-state index is 12.4. The molecule has 6 nitrogen and oxygen atoms in total. The minimum Gasteiger partial charge on any atom is -0.352 e. The van der Waals surface area contributed by atoms with Gasteiger partial charge in [0.15, 0.2) is 0 Å².